The number of nitrogens with two attached hydrogens (primary N) is 1. The Morgan fingerprint density at radius 2 is 2.24 bits per heavy atom. The molecule has 0 aromatic heterocycles. The Labute approximate surface area is 101 Å². The normalized spacial score (nSPS) is 12.2. The second-order valence-electron chi connectivity index (χ2n) is 4.05. The Morgan fingerprint density at radius 1 is 1.53 bits per heavy atom. The van der Waals surface area contributed by atoms with Crippen molar-refractivity contribution in [3.05, 3.63) is 29.3 Å². The van der Waals surface area contributed by atoms with E-state index in [0.29, 0.717) is 18.7 Å². The summed E-state index contributed by atoms with van der Waals surface area (Å²) < 4.78 is 5.51. The highest BCUT2D eigenvalue weighted by Crippen LogP contribution is 2.22. The van der Waals surface area contributed by atoms with E-state index in [1.165, 1.54) is 0 Å². The summed E-state index contributed by atoms with van der Waals surface area (Å²) in [5.74, 6) is -0.366. The number of carbonyl (C=O) groups is 1. The lowest BCUT2D eigenvalue weighted by Crippen LogP contribution is -2.27. The van der Waals surface area contributed by atoms with Crippen LogP contribution in [0.3, 0.4) is 0 Å². The van der Waals surface area contributed by atoms with Crippen LogP contribution in [0.25, 0.3) is 0 Å². The minimum atomic E-state index is -0.935. The Balaban J connectivity index is 2.88. The predicted octanol–water partition coefficient (Wildman–Crippen LogP) is 2.09. The molecule has 0 spiro atoms. The van der Waals surface area contributed by atoms with Crippen LogP contribution in [0.1, 0.15) is 30.9 Å². The molecule has 3 N–H and O–H groups in total. The first-order valence-electron chi connectivity index (χ1n) is 5.77. The van der Waals surface area contributed by atoms with Crippen molar-refractivity contribution in [3.63, 3.8) is 0 Å². The number of aryl methyl sites for hydroxylation is 1. The summed E-state index contributed by atoms with van der Waals surface area (Å²) in [6.07, 6.45) is 0.460. The molecule has 94 valence electrons. The van der Waals surface area contributed by atoms with Crippen molar-refractivity contribution < 1.29 is 14.6 Å². The summed E-state index contributed by atoms with van der Waals surface area (Å²) >= 11 is 0. The van der Waals surface area contributed by atoms with Gasteiger partial charge in [-0.2, -0.15) is 0 Å². The first-order chi connectivity index (χ1) is 8.08. The van der Waals surface area contributed by atoms with Crippen LogP contribution in [0.4, 0.5) is 0 Å². The molecule has 0 heterocycles. The van der Waals surface area contributed by atoms with Gasteiger partial charge in [0.05, 0.1) is 0 Å². The number of hydrogen-bond donors (Lipinski definition) is 2. The fraction of sp³-hybridized carbons (Fsp3) is 0.462. The van der Waals surface area contributed by atoms with Gasteiger partial charge in [-0.05, 0) is 19.4 Å². The summed E-state index contributed by atoms with van der Waals surface area (Å²) in [6.45, 7) is 4.23. The van der Waals surface area contributed by atoms with Crippen LogP contribution in [0.2, 0.25) is 0 Å². The molecule has 1 rings (SSSR count). The van der Waals surface area contributed by atoms with Gasteiger partial charge in [0.15, 0.2) is 6.10 Å². The molecule has 1 aromatic rings. The third kappa shape index (κ3) is 3.75. The van der Waals surface area contributed by atoms with Crippen LogP contribution < -0.4 is 10.5 Å². The van der Waals surface area contributed by atoms with E-state index in [2.05, 4.69) is 0 Å². The average molecular weight is 237 g/mol. The molecular weight excluding hydrogens is 218 g/mol. The van der Waals surface area contributed by atoms with Gasteiger partial charge in [0.1, 0.15) is 5.75 Å². The molecular formula is C13H19NO3. The molecule has 0 amide bonds. The Bertz CT molecular complexity index is 390. The molecule has 1 aromatic carbocycles. The quantitative estimate of drug-likeness (QED) is 0.794. The largest absolute Gasteiger partial charge is 0.479 e. The topological polar surface area (TPSA) is 72.5 Å². The van der Waals surface area contributed by atoms with Gasteiger partial charge in [-0.1, -0.05) is 31.0 Å². The molecule has 4 heteroatoms. The molecule has 17 heavy (non-hydrogen) atoms. The molecule has 4 nitrogen and oxygen atoms in total. The monoisotopic (exact) mass is 237 g/mol. The molecule has 0 aliphatic rings. The molecule has 0 saturated carbocycles. The third-order valence-corrected chi connectivity index (χ3v) is 2.53. The number of carboxylic acid groups (broad SMARTS) is 1. The van der Waals surface area contributed by atoms with Crippen molar-refractivity contribution in [1.82, 2.24) is 0 Å². The van der Waals surface area contributed by atoms with Crippen LogP contribution >= 0.6 is 0 Å². The van der Waals surface area contributed by atoms with E-state index in [1.807, 2.05) is 26.0 Å². The van der Waals surface area contributed by atoms with Crippen molar-refractivity contribution in [3.8, 4) is 5.75 Å². The summed E-state index contributed by atoms with van der Waals surface area (Å²) in [5.41, 5.74) is 7.54. The molecule has 0 radical (unpaired) electrons. The third-order valence-electron chi connectivity index (χ3n) is 2.53. The molecule has 0 aliphatic heterocycles. The lowest BCUT2D eigenvalue weighted by atomic mass is 10.1. The SMILES string of the molecule is CCCC(Oc1ccc(C)cc1CN)C(=O)O. The second kappa shape index (κ2) is 6.25. The standard InChI is InChI=1S/C13H19NO3/c1-3-4-12(13(15)16)17-11-6-5-9(2)7-10(11)8-14/h5-7,12H,3-4,8,14H2,1-2H3,(H,15,16). The van der Waals surface area contributed by atoms with E-state index < -0.39 is 12.1 Å². The van der Waals surface area contributed by atoms with Crippen LogP contribution in [-0.2, 0) is 11.3 Å². The molecule has 0 bridgehead atoms. The van der Waals surface area contributed by atoms with Crippen molar-refractivity contribution in [2.75, 3.05) is 0 Å². The van der Waals surface area contributed by atoms with Crippen LogP contribution in [0.5, 0.6) is 5.75 Å². The Kier molecular flexibility index (Phi) is 4.97. The van der Waals surface area contributed by atoms with Gasteiger partial charge in [0.25, 0.3) is 0 Å². The number of aliphatic carboxylic acids is 1. The highest BCUT2D eigenvalue weighted by Gasteiger charge is 2.19. The van der Waals surface area contributed by atoms with E-state index in [0.717, 1.165) is 17.5 Å². The summed E-state index contributed by atoms with van der Waals surface area (Å²) in [4.78, 5) is 11.0. The number of benzene rings is 1. The number of rotatable bonds is 6. The molecule has 1 atom stereocenters. The fourth-order valence-electron chi connectivity index (χ4n) is 1.63. The fourth-order valence-corrected chi connectivity index (χ4v) is 1.63. The van der Waals surface area contributed by atoms with E-state index in [-0.39, 0.29) is 0 Å². The smallest absolute Gasteiger partial charge is 0.344 e. The first kappa shape index (κ1) is 13.5. The van der Waals surface area contributed by atoms with Gasteiger partial charge in [-0.25, -0.2) is 4.79 Å². The van der Waals surface area contributed by atoms with E-state index in [1.54, 1.807) is 6.07 Å². The minimum Gasteiger partial charge on any atom is -0.479 e. The summed E-state index contributed by atoms with van der Waals surface area (Å²) in [6, 6.07) is 5.59. The van der Waals surface area contributed by atoms with Crippen LogP contribution in [-0.4, -0.2) is 17.2 Å². The van der Waals surface area contributed by atoms with E-state index in [4.69, 9.17) is 15.6 Å². The van der Waals surface area contributed by atoms with Crippen molar-refractivity contribution in [2.24, 2.45) is 5.73 Å². The zero-order valence-electron chi connectivity index (χ0n) is 10.3. The Morgan fingerprint density at radius 3 is 2.76 bits per heavy atom. The summed E-state index contributed by atoms with van der Waals surface area (Å²) in [7, 11) is 0. The van der Waals surface area contributed by atoms with Gasteiger partial charge in [-0.15, -0.1) is 0 Å². The maximum atomic E-state index is 11.0. The molecule has 1 unspecified atom stereocenters. The lowest BCUT2D eigenvalue weighted by molar-refractivity contribution is -0.145. The summed E-state index contributed by atoms with van der Waals surface area (Å²) in [5, 5.41) is 9.03. The highest BCUT2D eigenvalue weighted by molar-refractivity contribution is 5.72. The van der Waals surface area contributed by atoms with Crippen molar-refractivity contribution in [1.29, 1.82) is 0 Å². The Hall–Kier alpha value is -1.55. The van der Waals surface area contributed by atoms with Gasteiger partial charge >= 0.3 is 5.97 Å². The highest BCUT2D eigenvalue weighted by atomic mass is 16.5. The van der Waals surface area contributed by atoms with E-state index in [9.17, 15) is 4.79 Å². The van der Waals surface area contributed by atoms with Gasteiger partial charge in [-0.3, -0.25) is 0 Å². The molecule has 0 aliphatic carbocycles. The van der Waals surface area contributed by atoms with Crippen molar-refractivity contribution in [2.45, 2.75) is 39.3 Å². The number of ether oxygens (including phenoxy) is 1. The van der Waals surface area contributed by atoms with Crippen molar-refractivity contribution >= 4 is 5.97 Å². The maximum Gasteiger partial charge on any atom is 0.344 e. The lowest BCUT2D eigenvalue weighted by Gasteiger charge is -2.17. The number of hydrogen-bond acceptors (Lipinski definition) is 3. The predicted molar refractivity (Wildman–Crippen MR) is 66.0 cm³/mol. The van der Waals surface area contributed by atoms with Gasteiger partial charge in [0.2, 0.25) is 0 Å². The van der Waals surface area contributed by atoms with E-state index >= 15 is 0 Å². The van der Waals surface area contributed by atoms with Crippen LogP contribution in [0.15, 0.2) is 18.2 Å². The minimum absolute atomic E-state index is 0.343. The maximum absolute atomic E-state index is 11.0. The van der Waals surface area contributed by atoms with Gasteiger partial charge < -0.3 is 15.6 Å². The zero-order chi connectivity index (χ0) is 12.8. The van der Waals surface area contributed by atoms with Gasteiger partial charge in [0, 0.05) is 12.1 Å². The molecule has 0 fully saturated rings. The zero-order valence-corrected chi connectivity index (χ0v) is 10.3. The number of carboxylic acids is 1. The average Bonchev–Trinajstić information content (AvgIpc) is 2.30. The van der Waals surface area contributed by atoms with Crippen LogP contribution in [0, 0.1) is 6.92 Å². The first-order valence-corrected chi connectivity index (χ1v) is 5.77. The second-order valence-corrected chi connectivity index (χ2v) is 4.05. The molecule has 0 saturated heterocycles.